The van der Waals surface area contributed by atoms with E-state index in [0.29, 0.717) is 13.0 Å². The Morgan fingerprint density at radius 3 is 2.38 bits per heavy atom. The molecule has 0 aliphatic rings. The average molecular weight is 243 g/mol. The van der Waals surface area contributed by atoms with E-state index in [1.807, 2.05) is 6.92 Å². The third-order valence-corrected chi connectivity index (χ3v) is 3.47. The summed E-state index contributed by atoms with van der Waals surface area (Å²) < 4.78 is 28.2. The lowest BCUT2D eigenvalue weighted by Crippen LogP contribution is -2.09. The lowest BCUT2D eigenvalue weighted by Gasteiger charge is -2.05. The van der Waals surface area contributed by atoms with E-state index in [9.17, 15) is 8.42 Å². The fourth-order valence-electron chi connectivity index (χ4n) is 1.19. The average Bonchev–Trinajstić information content (AvgIpc) is 2.25. The second kappa shape index (κ2) is 5.98. The molecule has 0 saturated heterocycles. The van der Waals surface area contributed by atoms with Crippen LogP contribution in [0.4, 0.5) is 0 Å². The second-order valence-corrected chi connectivity index (χ2v) is 5.20. The van der Waals surface area contributed by atoms with Crippen molar-refractivity contribution in [3.05, 3.63) is 29.8 Å². The van der Waals surface area contributed by atoms with Crippen LogP contribution in [0.3, 0.4) is 0 Å². The molecule has 0 unspecified atom stereocenters. The molecule has 0 aliphatic carbocycles. The highest BCUT2D eigenvalue weighted by Gasteiger charge is 2.13. The molecule has 0 saturated carbocycles. The van der Waals surface area contributed by atoms with Crippen LogP contribution in [0.15, 0.2) is 29.2 Å². The van der Waals surface area contributed by atoms with Crippen LogP contribution in [0, 0.1) is 6.92 Å². The van der Waals surface area contributed by atoms with Gasteiger partial charge in [-0.1, -0.05) is 17.7 Å². The predicted molar refractivity (Wildman–Crippen MR) is 62.6 cm³/mol. The van der Waals surface area contributed by atoms with Crippen molar-refractivity contribution in [1.29, 1.82) is 0 Å². The van der Waals surface area contributed by atoms with E-state index in [-0.39, 0.29) is 11.5 Å². The Hall–Kier alpha value is -0.910. The van der Waals surface area contributed by atoms with Crippen molar-refractivity contribution in [2.24, 2.45) is 5.73 Å². The zero-order chi connectivity index (χ0) is 12.0. The summed E-state index contributed by atoms with van der Waals surface area (Å²) in [5.74, 6) is 0. The molecule has 90 valence electrons. The van der Waals surface area contributed by atoms with Gasteiger partial charge >= 0.3 is 0 Å². The summed E-state index contributed by atoms with van der Waals surface area (Å²) in [7, 11) is -3.60. The SMILES string of the molecule is Cc1ccc(S(=O)(=O)OCCCCN)cc1. The number of hydrogen-bond acceptors (Lipinski definition) is 4. The maximum Gasteiger partial charge on any atom is 0.296 e. The predicted octanol–water partition coefficient (Wildman–Crippen LogP) is 1.44. The highest BCUT2D eigenvalue weighted by molar-refractivity contribution is 7.86. The quantitative estimate of drug-likeness (QED) is 0.606. The van der Waals surface area contributed by atoms with Gasteiger partial charge in [-0.3, -0.25) is 4.18 Å². The van der Waals surface area contributed by atoms with Gasteiger partial charge in [-0.2, -0.15) is 8.42 Å². The molecule has 2 N–H and O–H groups in total. The molecule has 0 aromatic heterocycles. The molecule has 0 heterocycles. The molecule has 0 radical (unpaired) electrons. The first kappa shape index (κ1) is 13.2. The Bertz CT molecular complexity index is 411. The van der Waals surface area contributed by atoms with Crippen molar-refractivity contribution in [2.75, 3.05) is 13.2 Å². The van der Waals surface area contributed by atoms with E-state index in [2.05, 4.69) is 0 Å². The van der Waals surface area contributed by atoms with Crippen molar-refractivity contribution in [3.63, 3.8) is 0 Å². The summed E-state index contributed by atoms with van der Waals surface area (Å²) in [4.78, 5) is 0.200. The fraction of sp³-hybridized carbons (Fsp3) is 0.455. The molecule has 0 amide bonds. The monoisotopic (exact) mass is 243 g/mol. The maximum absolute atomic E-state index is 11.7. The molecular formula is C11H17NO3S. The van der Waals surface area contributed by atoms with Crippen LogP contribution in [0.2, 0.25) is 0 Å². The number of benzene rings is 1. The molecule has 0 bridgehead atoms. The number of hydrogen-bond donors (Lipinski definition) is 1. The van der Waals surface area contributed by atoms with Crippen molar-refractivity contribution in [1.82, 2.24) is 0 Å². The van der Waals surface area contributed by atoms with Gasteiger partial charge in [0, 0.05) is 0 Å². The molecular weight excluding hydrogens is 226 g/mol. The minimum absolute atomic E-state index is 0.188. The second-order valence-electron chi connectivity index (χ2n) is 3.58. The minimum Gasteiger partial charge on any atom is -0.330 e. The fourth-order valence-corrected chi connectivity index (χ4v) is 2.13. The highest BCUT2D eigenvalue weighted by Crippen LogP contribution is 2.13. The first-order valence-corrected chi connectivity index (χ1v) is 6.63. The van der Waals surface area contributed by atoms with Crippen LogP contribution in [-0.4, -0.2) is 21.6 Å². The van der Waals surface area contributed by atoms with Gasteiger partial charge in [0.25, 0.3) is 10.1 Å². The van der Waals surface area contributed by atoms with Crippen molar-refractivity contribution in [2.45, 2.75) is 24.7 Å². The van der Waals surface area contributed by atoms with Crippen LogP contribution < -0.4 is 5.73 Å². The molecule has 0 atom stereocenters. The van der Waals surface area contributed by atoms with Gasteiger partial charge in [0.1, 0.15) is 0 Å². The van der Waals surface area contributed by atoms with E-state index in [0.717, 1.165) is 12.0 Å². The van der Waals surface area contributed by atoms with Gasteiger partial charge in [-0.05, 0) is 38.4 Å². The third-order valence-electron chi connectivity index (χ3n) is 2.15. The van der Waals surface area contributed by atoms with Crippen LogP contribution in [0.25, 0.3) is 0 Å². The Morgan fingerprint density at radius 1 is 1.19 bits per heavy atom. The molecule has 1 rings (SSSR count). The summed E-state index contributed by atoms with van der Waals surface area (Å²) in [6.45, 7) is 2.64. The van der Waals surface area contributed by atoms with E-state index >= 15 is 0 Å². The van der Waals surface area contributed by atoms with Crippen molar-refractivity contribution >= 4 is 10.1 Å². The Labute approximate surface area is 96.5 Å². The first-order valence-electron chi connectivity index (χ1n) is 5.22. The standard InChI is InChI=1S/C11H17NO3S/c1-10-4-6-11(7-5-10)16(13,14)15-9-3-2-8-12/h4-7H,2-3,8-9,12H2,1H3. The maximum atomic E-state index is 11.7. The van der Waals surface area contributed by atoms with Crippen LogP contribution in [0.1, 0.15) is 18.4 Å². The molecule has 5 heteroatoms. The van der Waals surface area contributed by atoms with Crippen molar-refractivity contribution < 1.29 is 12.6 Å². The summed E-state index contributed by atoms with van der Waals surface area (Å²) in [5.41, 5.74) is 6.32. The molecule has 0 aliphatic heterocycles. The van der Waals surface area contributed by atoms with Gasteiger partial charge < -0.3 is 5.73 Å². The Balaban J connectivity index is 2.60. The topological polar surface area (TPSA) is 69.4 Å². The van der Waals surface area contributed by atoms with Gasteiger partial charge in [-0.15, -0.1) is 0 Å². The van der Waals surface area contributed by atoms with Gasteiger partial charge in [0.15, 0.2) is 0 Å². The summed E-state index contributed by atoms with van der Waals surface area (Å²) in [6, 6.07) is 6.59. The summed E-state index contributed by atoms with van der Waals surface area (Å²) >= 11 is 0. The lowest BCUT2D eigenvalue weighted by atomic mass is 10.2. The minimum atomic E-state index is -3.60. The number of nitrogens with two attached hydrogens (primary N) is 1. The Morgan fingerprint density at radius 2 is 1.81 bits per heavy atom. The number of unbranched alkanes of at least 4 members (excludes halogenated alkanes) is 1. The van der Waals surface area contributed by atoms with Crippen LogP contribution in [0.5, 0.6) is 0 Å². The normalized spacial score (nSPS) is 11.6. The first-order chi connectivity index (χ1) is 7.56. The molecule has 1 aromatic rings. The smallest absolute Gasteiger partial charge is 0.296 e. The molecule has 16 heavy (non-hydrogen) atoms. The van der Waals surface area contributed by atoms with Crippen molar-refractivity contribution in [3.8, 4) is 0 Å². The van der Waals surface area contributed by atoms with E-state index in [4.69, 9.17) is 9.92 Å². The summed E-state index contributed by atoms with van der Waals surface area (Å²) in [6.07, 6.45) is 1.42. The largest absolute Gasteiger partial charge is 0.330 e. The zero-order valence-electron chi connectivity index (χ0n) is 9.35. The third kappa shape index (κ3) is 3.92. The lowest BCUT2D eigenvalue weighted by molar-refractivity contribution is 0.309. The number of rotatable bonds is 6. The van der Waals surface area contributed by atoms with E-state index in [1.165, 1.54) is 0 Å². The molecule has 0 fully saturated rings. The molecule has 4 nitrogen and oxygen atoms in total. The van der Waals surface area contributed by atoms with Gasteiger partial charge in [-0.25, -0.2) is 0 Å². The number of aryl methyl sites for hydroxylation is 1. The van der Waals surface area contributed by atoms with Gasteiger partial charge in [0.05, 0.1) is 11.5 Å². The van der Waals surface area contributed by atoms with Crippen LogP contribution >= 0.6 is 0 Å². The van der Waals surface area contributed by atoms with Gasteiger partial charge in [0.2, 0.25) is 0 Å². The zero-order valence-corrected chi connectivity index (χ0v) is 10.2. The Kier molecular flexibility index (Phi) is 4.92. The van der Waals surface area contributed by atoms with Crippen LogP contribution in [-0.2, 0) is 14.3 Å². The molecule has 0 spiro atoms. The van der Waals surface area contributed by atoms with E-state index in [1.54, 1.807) is 24.3 Å². The summed E-state index contributed by atoms with van der Waals surface area (Å²) in [5, 5.41) is 0. The highest BCUT2D eigenvalue weighted by atomic mass is 32.2. The van der Waals surface area contributed by atoms with E-state index < -0.39 is 10.1 Å². The molecule has 1 aromatic carbocycles.